The van der Waals surface area contributed by atoms with Crippen molar-refractivity contribution >= 4 is 16.7 Å². The Bertz CT molecular complexity index is 829. The Kier molecular flexibility index (Phi) is 3.76. The van der Waals surface area contributed by atoms with E-state index in [1.165, 1.54) is 7.11 Å². The molecule has 1 aromatic carbocycles. The number of pyridine rings is 1. The zero-order chi connectivity index (χ0) is 16.8. The summed E-state index contributed by atoms with van der Waals surface area (Å²) in [7, 11) is 1.34. The number of fused-ring (bicyclic) bond motifs is 3. The van der Waals surface area contributed by atoms with Gasteiger partial charge in [0.25, 0.3) is 5.56 Å². The van der Waals surface area contributed by atoms with Crippen molar-refractivity contribution < 1.29 is 14.3 Å². The minimum Gasteiger partial charge on any atom is -0.465 e. The maximum atomic E-state index is 12.3. The van der Waals surface area contributed by atoms with Crippen LogP contribution in [-0.2, 0) is 22.5 Å². The molecule has 0 spiro atoms. The van der Waals surface area contributed by atoms with Crippen LogP contribution >= 0.6 is 0 Å². The zero-order valence-electron chi connectivity index (χ0n) is 13.9. The largest absolute Gasteiger partial charge is 0.465 e. The van der Waals surface area contributed by atoms with E-state index in [2.05, 4.69) is 25.8 Å². The summed E-state index contributed by atoms with van der Waals surface area (Å²) in [5.41, 5.74) is 2.15. The number of H-pyrrole nitrogens is 1. The molecule has 3 rings (SSSR count). The summed E-state index contributed by atoms with van der Waals surface area (Å²) in [6, 6.07) is 4.99. The third-order valence-electron chi connectivity index (χ3n) is 4.42. The third-order valence-corrected chi connectivity index (χ3v) is 4.42. The summed E-state index contributed by atoms with van der Waals surface area (Å²) < 4.78 is 10.8. The lowest BCUT2D eigenvalue weighted by Crippen LogP contribution is -2.36. The lowest BCUT2D eigenvalue weighted by molar-refractivity contribution is -0.0380. The molecule has 23 heavy (non-hydrogen) atoms. The van der Waals surface area contributed by atoms with Crippen molar-refractivity contribution in [3.63, 3.8) is 0 Å². The van der Waals surface area contributed by atoms with Crippen molar-refractivity contribution in [2.24, 2.45) is 5.41 Å². The number of benzene rings is 1. The number of rotatable bonds is 1. The first-order valence-electron chi connectivity index (χ1n) is 7.69. The van der Waals surface area contributed by atoms with Gasteiger partial charge in [-0.05, 0) is 29.0 Å². The number of carbonyl (C=O) groups excluding carboxylic acids is 1. The highest BCUT2D eigenvalue weighted by molar-refractivity contribution is 5.96. The van der Waals surface area contributed by atoms with Crippen molar-refractivity contribution in [3.05, 3.63) is 45.4 Å². The molecule has 1 aliphatic heterocycles. The van der Waals surface area contributed by atoms with Gasteiger partial charge in [-0.2, -0.15) is 0 Å². The SMILES string of the molecule is COC(=O)c1ccc2c(=O)[nH]c3c(c2c1)COC(C(C)(C)C)C3. The van der Waals surface area contributed by atoms with E-state index in [-0.39, 0.29) is 17.1 Å². The summed E-state index contributed by atoms with van der Waals surface area (Å²) >= 11 is 0. The normalized spacial score (nSPS) is 17.8. The molecule has 5 heteroatoms. The monoisotopic (exact) mass is 315 g/mol. The van der Waals surface area contributed by atoms with E-state index in [1.54, 1.807) is 18.2 Å². The second-order valence-corrected chi connectivity index (χ2v) is 7.03. The van der Waals surface area contributed by atoms with Crippen molar-refractivity contribution in [3.8, 4) is 0 Å². The van der Waals surface area contributed by atoms with Gasteiger partial charge in [0.1, 0.15) is 0 Å². The quantitative estimate of drug-likeness (QED) is 0.822. The standard InChI is InChI=1S/C18H21NO4/c1-18(2,3)15-8-14-13(9-23-15)12-7-10(17(21)22-4)5-6-11(12)16(20)19-14/h5-7,15H,8-9H2,1-4H3,(H,19,20). The first kappa shape index (κ1) is 15.7. The van der Waals surface area contributed by atoms with Gasteiger partial charge >= 0.3 is 5.97 Å². The van der Waals surface area contributed by atoms with Gasteiger partial charge in [-0.25, -0.2) is 4.79 Å². The van der Waals surface area contributed by atoms with Crippen LogP contribution in [0.15, 0.2) is 23.0 Å². The van der Waals surface area contributed by atoms with E-state index in [1.807, 2.05) is 0 Å². The van der Waals surface area contributed by atoms with Gasteiger partial charge in [0.2, 0.25) is 0 Å². The van der Waals surface area contributed by atoms with Crippen LogP contribution in [0.1, 0.15) is 42.4 Å². The van der Waals surface area contributed by atoms with Crippen LogP contribution in [0.5, 0.6) is 0 Å². The van der Waals surface area contributed by atoms with Crippen LogP contribution in [0.2, 0.25) is 0 Å². The summed E-state index contributed by atoms with van der Waals surface area (Å²) in [5.74, 6) is -0.412. The molecule has 0 saturated heterocycles. The maximum Gasteiger partial charge on any atom is 0.337 e. The predicted molar refractivity (Wildman–Crippen MR) is 87.6 cm³/mol. The smallest absolute Gasteiger partial charge is 0.337 e. The molecule has 122 valence electrons. The van der Waals surface area contributed by atoms with Crippen LogP contribution in [0.25, 0.3) is 10.8 Å². The van der Waals surface area contributed by atoms with Gasteiger partial charge < -0.3 is 14.5 Å². The molecule has 0 saturated carbocycles. The Balaban J connectivity index is 2.16. The van der Waals surface area contributed by atoms with E-state index in [0.29, 0.717) is 24.0 Å². The lowest BCUT2D eigenvalue weighted by atomic mass is 9.83. The molecule has 1 N–H and O–H groups in total. The molecule has 2 aromatic rings. The van der Waals surface area contributed by atoms with Gasteiger partial charge in [-0.15, -0.1) is 0 Å². The second-order valence-electron chi connectivity index (χ2n) is 7.03. The predicted octanol–water partition coefficient (Wildman–Crippen LogP) is 2.80. The molecule has 1 aromatic heterocycles. The number of ether oxygens (including phenoxy) is 2. The summed E-state index contributed by atoms with van der Waals surface area (Å²) in [5, 5.41) is 1.33. The fourth-order valence-electron chi connectivity index (χ4n) is 3.00. The van der Waals surface area contributed by atoms with Crippen LogP contribution < -0.4 is 5.56 Å². The van der Waals surface area contributed by atoms with Crippen molar-refractivity contribution in [2.75, 3.05) is 7.11 Å². The number of methoxy groups -OCH3 is 1. The molecule has 0 aliphatic carbocycles. The minimum atomic E-state index is -0.412. The number of esters is 1. The van der Waals surface area contributed by atoms with Gasteiger partial charge in [0.05, 0.1) is 25.4 Å². The van der Waals surface area contributed by atoms with E-state index >= 15 is 0 Å². The second kappa shape index (κ2) is 5.49. The Morgan fingerprint density at radius 1 is 1.30 bits per heavy atom. The van der Waals surface area contributed by atoms with Crippen LogP contribution in [0.4, 0.5) is 0 Å². The topological polar surface area (TPSA) is 68.4 Å². The molecule has 1 atom stereocenters. The summed E-state index contributed by atoms with van der Waals surface area (Å²) in [6.07, 6.45) is 0.707. The van der Waals surface area contributed by atoms with Gasteiger partial charge in [0.15, 0.2) is 0 Å². The molecule has 1 unspecified atom stereocenters. The number of aromatic nitrogens is 1. The number of carbonyl (C=O) groups is 1. The Labute approximate surface area is 134 Å². The molecular weight excluding hydrogens is 294 g/mol. The first-order valence-corrected chi connectivity index (χ1v) is 7.69. The van der Waals surface area contributed by atoms with E-state index < -0.39 is 5.97 Å². The summed E-state index contributed by atoms with van der Waals surface area (Å²) in [4.78, 5) is 27.1. The summed E-state index contributed by atoms with van der Waals surface area (Å²) in [6.45, 7) is 6.79. The highest BCUT2D eigenvalue weighted by atomic mass is 16.5. The Morgan fingerprint density at radius 2 is 2.04 bits per heavy atom. The Morgan fingerprint density at radius 3 is 2.70 bits per heavy atom. The molecular formula is C18H21NO4. The first-order chi connectivity index (χ1) is 10.8. The maximum absolute atomic E-state index is 12.3. The number of hydrogen-bond acceptors (Lipinski definition) is 4. The molecule has 5 nitrogen and oxygen atoms in total. The molecule has 0 amide bonds. The molecule has 1 aliphatic rings. The van der Waals surface area contributed by atoms with Crippen molar-refractivity contribution in [2.45, 2.75) is 39.9 Å². The van der Waals surface area contributed by atoms with Gasteiger partial charge in [0, 0.05) is 23.1 Å². The number of hydrogen-bond donors (Lipinski definition) is 1. The third kappa shape index (κ3) is 2.77. The molecule has 2 heterocycles. The van der Waals surface area contributed by atoms with Gasteiger partial charge in [-0.1, -0.05) is 20.8 Å². The highest BCUT2D eigenvalue weighted by Gasteiger charge is 2.31. The molecule has 0 fully saturated rings. The fourth-order valence-corrected chi connectivity index (χ4v) is 3.00. The lowest BCUT2D eigenvalue weighted by Gasteiger charge is -2.35. The number of nitrogens with one attached hydrogen (secondary N) is 1. The fraction of sp³-hybridized carbons (Fsp3) is 0.444. The molecule has 0 bridgehead atoms. The van der Waals surface area contributed by atoms with Gasteiger partial charge in [-0.3, -0.25) is 4.79 Å². The zero-order valence-corrected chi connectivity index (χ0v) is 13.9. The molecule has 0 radical (unpaired) electrons. The van der Waals surface area contributed by atoms with Crippen molar-refractivity contribution in [1.82, 2.24) is 4.98 Å². The average molecular weight is 315 g/mol. The highest BCUT2D eigenvalue weighted by Crippen LogP contribution is 2.33. The number of aromatic amines is 1. The van der Waals surface area contributed by atoms with E-state index in [4.69, 9.17) is 9.47 Å². The minimum absolute atomic E-state index is 0.00258. The van der Waals surface area contributed by atoms with E-state index in [0.717, 1.165) is 16.6 Å². The average Bonchev–Trinajstić information content (AvgIpc) is 2.52. The van der Waals surface area contributed by atoms with Crippen LogP contribution in [-0.4, -0.2) is 24.2 Å². The van der Waals surface area contributed by atoms with E-state index in [9.17, 15) is 9.59 Å². The van der Waals surface area contributed by atoms with Crippen LogP contribution in [0.3, 0.4) is 0 Å². The Hall–Kier alpha value is -2.14. The van der Waals surface area contributed by atoms with Crippen molar-refractivity contribution in [1.29, 1.82) is 0 Å². The van der Waals surface area contributed by atoms with Crippen LogP contribution in [0, 0.1) is 5.41 Å².